The Morgan fingerprint density at radius 2 is 0.989 bits per heavy atom. The van der Waals surface area contributed by atoms with Gasteiger partial charge in [0.2, 0.25) is 82.7 Å². The summed E-state index contributed by atoms with van der Waals surface area (Å²) in [5, 5.41) is 67.1. The van der Waals surface area contributed by atoms with E-state index in [0.29, 0.717) is 12.1 Å². The Kier molecular flexibility index (Phi) is 37.1. The van der Waals surface area contributed by atoms with Gasteiger partial charge in [-0.05, 0) is 57.4 Å². The number of carboxylic acids is 1. The minimum absolute atomic E-state index is 0.0520. The first-order valence-electron chi connectivity index (χ1n) is 29.4. The standard InChI is InChI=1S/C53H91N21O19/c1-6-25(4)42(74-46(86)31(16-36(56)79)70-45(85)30(15-35(55)78)66-38(81)19-62-37(80)18-63-43(83)28(11-9-13-61-53(58)59)69-49(89)40(57)26(5)77)50(90)64-20-39(82)67-33(21-75)47(87)68-29(10-7-8-12-54)44(84)72-34(22-76)48(88)73-41(24(2)3)51(91)71-32(52(92)93)14-27-17-60-23-65-27/h17,23-26,28-34,40-42,75-77H,6-16,18-22,54,57H2,1-5H3,(H2,55,78)(H2,56,79)(H,60,65)(H,62,80)(H,63,83)(H,64,90)(H,66,81)(H,67,82)(H,68,87)(H,69,89)(H,70,85)(H,71,91)(H,72,84)(H,73,88)(H,74,86)(H,92,93)(H4,58,59,61)/t25-,26+,28-,29-,30-,31-,32-,33-,34-,40-,41-,42-/m0/s1. The molecule has 522 valence electrons. The highest BCUT2D eigenvalue weighted by Gasteiger charge is 2.36. The van der Waals surface area contributed by atoms with Gasteiger partial charge in [0.25, 0.3) is 0 Å². The Labute approximate surface area is 533 Å². The SMILES string of the molecule is CC[C@H](C)[C@H](NC(=O)[C@H](CC(N)=O)NC(=O)[C@H](CC(N)=O)NC(=O)CNC(=O)CNC(=O)[C@H](CCCN=C(N)N)NC(=O)[C@@H](N)[C@@H](C)O)C(=O)NCC(=O)N[C@@H](CO)C(=O)N[C@@H](CCCCN)C(=O)N[C@@H](CO)C(=O)N[C@H](C(=O)N[C@@H](Cc1cnc[nH]1)C(=O)O)C(C)C. The van der Waals surface area contributed by atoms with Gasteiger partial charge in [0, 0.05) is 24.9 Å². The van der Waals surface area contributed by atoms with Crippen molar-refractivity contribution in [2.75, 3.05) is 45.9 Å². The number of amides is 14. The van der Waals surface area contributed by atoms with Gasteiger partial charge in [-0.25, -0.2) is 9.78 Å². The molecule has 0 aliphatic heterocycles. The number of nitrogens with zero attached hydrogens (tertiary/aromatic N) is 2. The number of aliphatic imine (C=N–C) groups is 1. The summed E-state index contributed by atoms with van der Waals surface area (Å²) in [5.74, 6) is -18.0. The molecule has 0 saturated heterocycles. The maximum Gasteiger partial charge on any atom is 0.326 e. The van der Waals surface area contributed by atoms with Crippen LogP contribution in [0.3, 0.4) is 0 Å². The number of carbonyl (C=O) groups excluding carboxylic acids is 14. The summed E-state index contributed by atoms with van der Waals surface area (Å²) in [7, 11) is 0. The summed E-state index contributed by atoms with van der Waals surface area (Å²) in [4.78, 5) is 206. The normalized spacial score (nSPS) is 14.8. The minimum Gasteiger partial charge on any atom is -0.480 e. The molecule has 93 heavy (non-hydrogen) atoms. The zero-order valence-corrected chi connectivity index (χ0v) is 52.2. The van der Waals surface area contributed by atoms with Crippen LogP contribution in [0.4, 0.5) is 0 Å². The highest BCUT2D eigenvalue weighted by atomic mass is 16.4. The fourth-order valence-corrected chi connectivity index (χ4v) is 8.17. The van der Waals surface area contributed by atoms with Crippen LogP contribution in [0.2, 0.25) is 0 Å². The summed E-state index contributed by atoms with van der Waals surface area (Å²) in [5.41, 5.74) is 33.0. The molecule has 29 N–H and O–H groups in total. The van der Waals surface area contributed by atoms with Crippen LogP contribution in [0.25, 0.3) is 0 Å². The third-order valence-corrected chi connectivity index (χ3v) is 13.7. The molecule has 0 radical (unpaired) electrons. The smallest absolute Gasteiger partial charge is 0.326 e. The van der Waals surface area contributed by atoms with Crippen molar-refractivity contribution < 1.29 is 92.3 Å². The lowest BCUT2D eigenvalue weighted by atomic mass is 9.97. The lowest BCUT2D eigenvalue weighted by Gasteiger charge is -2.27. The van der Waals surface area contributed by atoms with E-state index < -0.39 is 213 Å². The van der Waals surface area contributed by atoms with E-state index in [1.54, 1.807) is 6.92 Å². The number of carboxylic acid groups (broad SMARTS) is 1. The molecule has 40 nitrogen and oxygen atoms in total. The van der Waals surface area contributed by atoms with E-state index in [2.05, 4.69) is 78.8 Å². The van der Waals surface area contributed by atoms with Crippen LogP contribution >= 0.6 is 0 Å². The minimum atomic E-state index is -1.90. The van der Waals surface area contributed by atoms with Gasteiger partial charge in [-0.1, -0.05) is 34.1 Å². The number of nitrogens with two attached hydrogens (primary N) is 6. The zero-order valence-electron chi connectivity index (χ0n) is 52.2. The highest BCUT2D eigenvalue weighted by Crippen LogP contribution is 2.11. The molecule has 40 heteroatoms. The summed E-state index contributed by atoms with van der Waals surface area (Å²) >= 11 is 0. The number of H-pyrrole nitrogens is 1. The molecule has 0 spiro atoms. The maximum atomic E-state index is 13.8. The van der Waals surface area contributed by atoms with Crippen molar-refractivity contribution in [3.63, 3.8) is 0 Å². The molecule has 0 unspecified atom stereocenters. The van der Waals surface area contributed by atoms with Crippen molar-refractivity contribution in [3.8, 4) is 0 Å². The Morgan fingerprint density at radius 3 is 1.52 bits per heavy atom. The maximum absolute atomic E-state index is 13.8. The van der Waals surface area contributed by atoms with Crippen LogP contribution < -0.4 is 98.2 Å². The number of aromatic amines is 1. The number of aliphatic carboxylic acids is 1. The van der Waals surface area contributed by atoms with Gasteiger partial charge in [0.05, 0.1) is 58.1 Å². The van der Waals surface area contributed by atoms with E-state index >= 15 is 0 Å². The average Bonchev–Trinajstić information content (AvgIpc) is 1.16. The molecule has 0 saturated carbocycles. The van der Waals surface area contributed by atoms with Crippen LogP contribution in [0.5, 0.6) is 0 Å². The van der Waals surface area contributed by atoms with Crippen molar-refractivity contribution in [3.05, 3.63) is 18.2 Å². The molecular formula is C53H91N21O19. The van der Waals surface area contributed by atoms with Crippen molar-refractivity contribution in [1.29, 1.82) is 0 Å². The molecule has 0 fully saturated rings. The zero-order chi connectivity index (χ0) is 70.7. The first kappa shape index (κ1) is 81.3. The van der Waals surface area contributed by atoms with E-state index in [4.69, 9.17) is 34.4 Å². The van der Waals surface area contributed by atoms with Crippen LogP contribution in [0.15, 0.2) is 17.5 Å². The second kappa shape index (κ2) is 42.4. The Balaban J connectivity index is 3.11. The summed E-state index contributed by atoms with van der Waals surface area (Å²) in [6.45, 7) is 2.99. The molecule has 0 aliphatic rings. The van der Waals surface area contributed by atoms with Gasteiger partial charge >= 0.3 is 5.97 Å². The molecule has 1 rings (SSSR count). The van der Waals surface area contributed by atoms with E-state index in [-0.39, 0.29) is 57.6 Å². The van der Waals surface area contributed by atoms with Crippen molar-refractivity contribution in [1.82, 2.24) is 73.8 Å². The highest BCUT2D eigenvalue weighted by molar-refractivity contribution is 6.00. The molecule has 0 aliphatic carbocycles. The van der Waals surface area contributed by atoms with E-state index in [9.17, 15) is 92.3 Å². The number of primary amides is 2. The fraction of sp³-hybridized carbons (Fsp3) is 0.642. The lowest BCUT2D eigenvalue weighted by molar-refractivity contribution is -0.142. The second-order valence-electron chi connectivity index (χ2n) is 21.7. The third-order valence-electron chi connectivity index (χ3n) is 13.7. The molecule has 14 amide bonds. The number of guanidine groups is 1. The number of hydrogen-bond acceptors (Lipinski definition) is 22. The number of aromatic nitrogens is 2. The van der Waals surface area contributed by atoms with E-state index in [0.717, 1.165) is 0 Å². The van der Waals surface area contributed by atoms with Crippen LogP contribution in [0, 0.1) is 11.8 Å². The molecular weight excluding hydrogens is 1230 g/mol. The Morgan fingerprint density at radius 1 is 0.538 bits per heavy atom. The molecule has 0 aromatic carbocycles. The topological polar surface area (TPSA) is 678 Å². The monoisotopic (exact) mass is 1330 g/mol. The quantitative estimate of drug-likeness (QED) is 0.0164. The number of nitrogens with one attached hydrogen (secondary N) is 13. The lowest BCUT2D eigenvalue weighted by Crippen LogP contribution is -2.61. The average molecular weight is 1330 g/mol. The molecule has 1 heterocycles. The number of hydrogen-bond donors (Lipinski definition) is 23. The molecule has 1 aromatic heterocycles. The predicted octanol–water partition coefficient (Wildman–Crippen LogP) is -11.9. The largest absolute Gasteiger partial charge is 0.480 e. The van der Waals surface area contributed by atoms with Gasteiger partial charge < -0.3 is 124 Å². The summed E-state index contributed by atoms with van der Waals surface area (Å²) in [6.07, 6.45) is 0.0754. The van der Waals surface area contributed by atoms with Crippen molar-refractivity contribution >= 4 is 94.6 Å². The molecule has 1 aromatic rings. The number of aliphatic hydroxyl groups excluding tert-OH is 3. The number of aliphatic hydroxyl groups is 3. The third kappa shape index (κ3) is 31.3. The first-order chi connectivity index (χ1) is 43.7. The van der Waals surface area contributed by atoms with Gasteiger partial charge in [0.1, 0.15) is 60.4 Å². The summed E-state index contributed by atoms with van der Waals surface area (Å²) < 4.78 is 0. The second-order valence-corrected chi connectivity index (χ2v) is 21.7. The van der Waals surface area contributed by atoms with Crippen LogP contribution in [-0.2, 0) is 78.3 Å². The number of carbonyl (C=O) groups is 15. The van der Waals surface area contributed by atoms with Crippen LogP contribution in [-0.4, -0.2) is 237 Å². The van der Waals surface area contributed by atoms with E-state index in [1.165, 1.54) is 40.2 Å². The fourth-order valence-electron chi connectivity index (χ4n) is 8.17. The van der Waals surface area contributed by atoms with Crippen LogP contribution in [0.1, 0.15) is 91.7 Å². The number of rotatable bonds is 45. The molecule has 12 atom stereocenters. The van der Waals surface area contributed by atoms with Gasteiger partial charge in [-0.3, -0.25) is 72.1 Å². The van der Waals surface area contributed by atoms with Gasteiger partial charge in [-0.2, -0.15) is 0 Å². The van der Waals surface area contributed by atoms with Gasteiger partial charge in [-0.15, -0.1) is 0 Å². The Bertz CT molecular complexity index is 2750. The number of imidazole rings is 1. The number of unbranched alkanes of at least 4 members (excludes halogenated alkanes) is 1. The van der Waals surface area contributed by atoms with Crippen molar-refractivity contribution in [2.24, 2.45) is 51.2 Å². The first-order valence-corrected chi connectivity index (χ1v) is 29.4. The Hall–Kier alpha value is -9.67. The van der Waals surface area contributed by atoms with Crippen molar-refractivity contribution in [2.45, 2.75) is 159 Å². The summed E-state index contributed by atoms with van der Waals surface area (Å²) in [6, 6.07) is -15.9. The molecule has 0 bridgehead atoms. The predicted molar refractivity (Wildman–Crippen MR) is 325 cm³/mol. The van der Waals surface area contributed by atoms with Gasteiger partial charge in [0.15, 0.2) is 5.96 Å². The van der Waals surface area contributed by atoms with E-state index in [1.807, 2.05) is 0 Å².